The molecule has 0 aliphatic heterocycles. The molecule has 40 heavy (non-hydrogen) atoms. The van der Waals surface area contributed by atoms with Crippen LogP contribution in [0.2, 0.25) is 0 Å². The van der Waals surface area contributed by atoms with Crippen LogP contribution in [-0.4, -0.2) is 32.0 Å². The monoisotopic (exact) mass is 559 g/mol. The van der Waals surface area contributed by atoms with Gasteiger partial charge in [-0.2, -0.15) is 13.2 Å². The van der Waals surface area contributed by atoms with Crippen molar-refractivity contribution in [1.82, 2.24) is 14.5 Å². The highest BCUT2D eigenvalue weighted by Gasteiger charge is 2.39. The molecule has 6 nitrogen and oxygen atoms in total. The molecule has 0 saturated carbocycles. The predicted molar refractivity (Wildman–Crippen MR) is 149 cm³/mol. The number of amides is 1. The lowest BCUT2D eigenvalue weighted by molar-refractivity contribution is -0.140. The van der Waals surface area contributed by atoms with E-state index in [4.69, 9.17) is 4.74 Å². The highest BCUT2D eigenvalue weighted by Crippen LogP contribution is 2.44. The maximum absolute atomic E-state index is 13.8. The number of carbonyl (C=O) groups is 1. The normalized spacial score (nSPS) is 12.6. The van der Waals surface area contributed by atoms with Gasteiger partial charge in [-0.05, 0) is 59.9 Å². The maximum Gasteiger partial charge on any atom is 0.423 e. The second kappa shape index (κ2) is 13.2. The Kier molecular flexibility index (Phi) is 10.3. The van der Waals surface area contributed by atoms with E-state index in [1.54, 1.807) is 28.1 Å². The molecule has 218 valence electrons. The Balaban J connectivity index is 1.79. The molecular formula is C31H40F3N3O3. The average molecular weight is 560 g/mol. The summed E-state index contributed by atoms with van der Waals surface area (Å²) >= 11 is 0. The summed E-state index contributed by atoms with van der Waals surface area (Å²) in [7, 11) is 1.82. The van der Waals surface area contributed by atoms with Crippen molar-refractivity contribution in [1.29, 1.82) is 0 Å². The van der Waals surface area contributed by atoms with Crippen molar-refractivity contribution in [2.75, 3.05) is 6.54 Å². The van der Waals surface area contributed by atoms with Crippen LogP contribution in [0.15, 0.2) is 42.9 Å². The zero-order valence-corrected chi connectivity index (χ0v) is 24.2. The fourth-order valence-electron chi connectivity index (χ4n) is 4.87. The van der Waals surface area contributed by atoms with Crippen molar-refractivity contribution in [2.45, 2.75) is 73.2 Å². The summed E-state index contributed by atoms with van der Waals surface area (Å²) in [5.41, 5.74) is 1.99. The molecule has 1 amide bonds. The Labute approximate surface area is 234 Å². The number of aromatic nitrogens is 2. The third kappa shape index (κ3) is 8.02. The van der Waals surface area contributed by atoms with E-state index >= 15 is 0 Å². The molecule has 3 aromatic rings. The third-order valence-corrected chi connectivity index (χ3v) is 6.82. The molecule has 0 fully saturated rings. The molecule has 0 aliphatic carbocycles. The van der Waals surface area contributed by atoms with Gasteiger partial charge in [-0.25, -0.2) is 4.98 Å². The highest BCUT2D eigenvalue weighted by atomic mass is 19.4. The summed E-state index contributed by atoms with van der Waals surface area (Å²) < 4.78 is 48.9. The summed E-state index contributed by atoms with van der Waals surface area (Å²) in [5, 5.41) is 10.4. The molecule has 1 N–H and O–H groups in total. The second-order valence-electron chi connectivity index (χ2n) is 11.1. The van der Waals surface area contributed by atoms with Crippen molar-refractivity contribution >= 4 is 5.91 Å². The standard InChI is InChI=1S/C31H40F3N3O3/c1-7-8-21(4)15-37(30(39)26-17-36(6)19-35-26)16-25-10-9-23(14-22(25)5)18-40-27-12-11-24(13-20(2)3)29(38)28(27)31(32,33)34/h9-12,14,17,19-21,38H,7-8,13,15-16,18H2,1-6H3. The molecule has 0 aliphatic rings. The Bertz CT molecular complexity index is 1300. The number of ether oxygens (including phenoxy) is 1. The fourth-order valence-corrected chi connectivity index (χ4v) is 4.87. The molecule has 3 rings (SSSR count). The van der Waals surface area contributed by atoms with Gasteiger partial charge in [0, 0.05) is 26.3 Å². The van der Waals surface area contributed by atoms with Crippen molar-refractivity contribution < 1.29 is 27.8 Å². The van der Waals surface area contributed by atoms with Crippen LogP contribution in [0.1, 0.15) is 78.8 Å². The number of phenols is 1. The molecule has 0 saturated heterocycles. The molecule has 0 radical (unpaired) electrons. The number of imidazole rings is 1. The van der Waals surface area contributed by atoms with E-state index in [1.807, 2.05) is 40.0 Å². The minimum atomic E-state index is -4.76. The Morgan fingerprint density at radius 1 is 1.15 bits per heavy atom. The number of hydrogen-bond acceptors (Lipinski definition) is 4. The molecule has 1 atom stereocenters. The predicted octanol–water partition coefficient (Wildman–Crippen LogP) is 7.31. The van der Waals surface area contributed by atoms with Gasteiger partial charge in [0.25, 0.3) is 5.91 Å². The summed E-state index contributed by atoms with van der Waals surface area (Å²) in [6.07, 6.45) is 0.889. The molecule has 9 heteroatoms. The SMILES string of the molecule is CCCC(C)CN(Cc1ccc(COc2ccc(CC(C)C)c(O)c2C(F)(F)F)cc1C)C(=O)c1cn(C)cn1. The number of hydrogen-bond donors (Lipinski definition) is 1. The topological polar surface area (TPSA) is 67.6 Å². The first-order valence-corrected chi connectivity index (χ1v) is 13.7. The van der Waals surface area contributed by atoms with E-state index in [1.165, 1.54) is 12.1 Å². The Hall–Kier alpha value is -3.49. The number of nitrogens with zero attached hydrogens (tertiary/aromatic N) is 3. The number of alkyl halides is 3. The Morgan fingerprint density at radius 3 is 2.42 bits per heavy atom. The summed E-state index contributed by atoms with van der Waals surface area (Å²) in [5.74, 6) is -0.922. The molecule has 1 unspecified atom stereocenters. The van der Waals surface area contributed by atoms with Crippen LogP contribution < -0.4 is 4.74 Å². The van der Waals surface area contributed by atoms with E-state index in [-0.39, 0.29) is 24.0 Å². The van der Waals surface area contributed by atoms with Gasteiger partial charge in [-0.1, -0.05) is 58.4 Å². The van der Waals surface area contributed by atoms with Gasteiger partial charge < -0.3 is 19.3 Å². The van der Waals surface area contributed by atoms with Gasteiger partial charge in [0.15, 0.2) is 0 Å². The first-order valence-electron chi connectivity index (χ1n) is 13.7. The van der Waals surface area contributed by atoms with Crippen LogP contribution in [0.3, 0.4) is 0 Å². The quantitative estimate of drug-likeness (QED) is 0.253. The van der Waals surface area contributed by atoms with Crippen LogP contribution in [-0.2, 0) is 32.8 Å². The molecule has 1 heterocycles. The van der Waals surface area contributed by atoms with Gasteiger partial charge in [-0.15, -0.1) is 0 Å². The first-order chi connectivity index (χ1) is 18.8. The minimum absolute atomic E-state index is 0.0882. The maximum atomic E-state index is 13.8. The minimum Gasteiger partial charge on any atom is -0.507 e. The lowest BCUT2D eigenvalue weighted by Gasteiger charge is -2.26. The van der Waals surface area contributed by atoms with Crippen LogP contribution >= 0.6 is 0 Å². The van der Waals surface area contributed by atoms with E-state index < -0.39 is 23.2 Å². The van der Waals surface area contributed by atoms with E-state index in [2.05, 4.69) is 18.8 Å². The highest BCUT2D eigenvalue weighted by molar-refractivity contribution is 5.92. The van der Waals surface area contributed by atoms with Crippen molar-refractivity contribution in [3.63, 3.8) is 0 Å². The van der Waals surface area contributed by atoms with Gasteiger partial charge in [-0.3, -0.25) is 4.79 Å². The summed E-state index contributed by atoms with van der Waals surface area (Å²) in [6.45, 7) is 10.8. The van der Waals surface area contributed by atoms with Gasteiger partial charge in [0.1, 0.15) is 29.4 Å². The fraction of sp³-hybridized carbons (Fsp3) is 0.484. The van der Waals surface area contributed by atoms with Gasteiger partial charge >= 0.3 is 6.18 Å². The molecular weight excluding hydrogens is 519 g/mol. The Morgan fingerprint density at radius 2 is 1.85 bits per heavy atom. The number of rotatable bonds is 12. The van der Waals surface area contributed by atoms with Crippen molar-refractivity contribution in [2.24, 2.45) is 18.9 Å². The number of phenolic OH excluding ortho intramolecular Hbond substituents is 1. The lowest BCUT2D eigenvalue weighted by atomic mass is 9.98. The zero-order valence-electron chi connectivity index (χ0n) is 24.2. The molecule has 2 aromatic carbocycles. The molecule has 0 bridgehead atoms. The van der Waals surface area contributed by atoms with E-state index in [0.29, 0.717) is 36.7 Å². The van der Waals surface area contributed by atoms with Crippen LogP contribution in [0.5, 0.6) is 11.5 Å². The van der Waals surface area contributed by atoms with E-state index in [0.717, 1.165) is 24.0 Å². The number of aryl methyl sites for hydroxylation is 2. The zero-order chi connectivity index (χ0) is 29.6. The largest absolute Gasteiger partial charge is 0.507 e. The number of carbonyl (C=O) groups excluding carboxylic acids is 1. The van der Waals surface area contributed by atoms with Gasteiger partial charge in [0.2, 0.25) is 0 Å². The number of halogens is 3. The number of benzene rings is 2. The van der Waals surface area contributed by atoms with E-state index in [9.17, 15) is 23.1 Å². The van der Waals surface area contributed by atoms with Crippen molar-refractivity contribution in [3.05, 3.63) is 76.4 Å². The number of aromatic hydroxyl groups is 1. The summed E-state index contributed by atoms with van der Waals surface area (Å²) in [6, 6.07) is 8.29. The third-order valence-electron chi connectivity index (χ3n) is 6.82. The first kappa shape index (κ1) is 31.0. The smallest absolute Gasteiger partial charge is 0.423 e. The summed E-state index contributed by atoms with van der Waals surface area (Å²) in [4.78, 5) is 19.3. The van der Waals surface area contributed by atoms with Crippen LogP contribution in [0.4, 0.5) is 13.2 Å². The second-order valence-corrected chi connectivity index (χ2v) is 11.1. The lowest BCUT2D eigenvalue weighted by Crippen LogP contribution is -2.34. The molecule has 0 spiro atoms. The van der Waals surface area contributed by atoms with Crippen LogP contribution in [0.25, 0.3) is 0 Å². The average Bonchev–Trinajstić information content (AvgIpc) is 3.30. The van der Waals surface area contributed by atoms with Crippen molar-refractivity contribution in [3.8, 4) is 11.5 Å². The van der Waals surface area contributed by atoms with Gasteiger partial charge in [0.05, 0.1) is 6.33 Å². The van der Waals surface area contributed by atoms with Crippen LogP contribution in [0, 0.1) is 18.8 Å². The molecule has 1 aromatic heterocycles.